The molecule has 156 valence electrons. The standard InChI is InChI=1S/C12H15Cl3O9S3/c13-4-7-25(16,17)22-10-2-1-3-11(23-26(18,19)8-5-14)12(10)24-27(20,21)9-6-15/h1-3H,4-9H2. The summed E-state index contributed by atoms with van der Waals surface area (Å²) in [5.41, 5.74) is 0. The number of halogens is 3. The average molecular weight is 506 g/mol. The molecule has 0 N–H and O–H groups in total. The predicted molar refractivity (Wildman–Crippen MR) is 102 cm³/mol. The number of rotatable bonds is 12. The van der Waals surface area contributed by atoms with Crippen molar-refractivity contribution in [1.82, 2.24) is 0 Å². The van der Waals surface area contributed by atoms with Crippen molar-refractivity contribution in [2.24, 2.45) is 0 Å². The highest BCUT2D eigenvalue weighted by Crippen LogP contribution is 2.40. The molecule has 27 heavy (non-hydrogen) atoms. The first-order chi connectivity index (χ1) is 12.5. The molecule has 0 unspecified atom stereocenters. The first-order valence-electron chi connectivity index (χ1n) is 7.02. The quantitative estimate of drug-likeness (QED) is 0.306. The van der Waals surface area contributed by atoms with Gasteiger partial charge in [0.2, 0.25) is 5.75 Å². The largest absolute Gasteiger partial charge is 0.378 e. The van der Waals surface area contributed by atoms with Crippen molar-refractivity contribution in [1.29, 1.82) is 0 Å². The molecule has 1 rings (SSSR count). The maximum absolute atomic E-state index is 11.9. The molecular weight excluding hydrogens is 491 g/mol. The average Bonchev–Trinajstić information content (AvgIpc) is 2.49. The van der Waals surface area contributed by atoms with Crippen molar-refractivity contribution in [2.45, 2.75) is 0 Å². The van der Waals surface area contributed by atoms with Crippen LogP contribution in [0.2, 0.25) is 0 Å². The Morgan fingerprint density at radius 1 is 0.630 bits per heavy atom. The number of para-hydroxylation sites is 1. The first kappa shape index (κ1) is 24.4. The van der Waals surface area contributed by atoms with E-state index >= 15 is 0 Å². The topological polar surface area (TPSA) is 130 Å². The molecule has 0 aromatic heterocycles. The zero-order valence-electron chi connectivity index (χ0n) is 13.5. The van der Waals surface area contributed by atoms with Gasteiger partial charge in [0.05, 0.1) is 17.3 Å². The minimum Gasteiger partial charge on any atom is -0.378 e. The molecule has 0 amide bonds. The summed E-state index contributed by atoms with van der Waals surface area (Å²) in [4.78, 5) is 0. The molecule has 0 aliphatic heterocycles. The monoisotopic (exact) mass is 504 g/mol. The van der Waals surface area contributed by atoms with E-state index in [1.165, 1.54) is 6.07 Å². The van der Waals surface area contributed by atoms with Crippen molar-refractivity contribution >= 4 is 65.2 Å². The Bertz CT molecular complexity index is 887. The van der Waals surface area contributed by atoms with E-state index in [4.69, 9.17) is 47.4 Å². The molecule has 0 saturated heterocycles. The third-order valence-electron chi connectivity index (χ3n) is 2.57. The van der Waals surface area contributed by atoms with Gasteiger partial charge in [-0.1, -0.05) is 6.07 Å². The van der Waals surface area contributed by atoms with Gasteiger partial charge in [0.15, 0.2) is 11.5 Å². The van der Waals surface area contributed by atoms with Gasteiger partial charge in [-0.2, -0.15) is 25.3 Å². The van der Waals surface area contributed by atoms with Crippen molar-refractivity contribution in [2.75, 3.05) is 34.9 Å². The summed E-state index contributed by atoms with van der Waals surface area (Å²) in [6, 6.07) is 3.29. The van der Waals surface area contributed by atoms with Gasteiger partial charge in [0, 0.05) is 17.6 Å². The van der Waals surface area contributed by atoms with Crippen molar-refractivity contribution in [3.8, 4) is 17.2 Å². The van der Waals surface area contributed by atoms with Crippen LogP contribution < -0.4 is 12.5 Å². The highest BCUT2D eigenvalue weighted by atomic mass is 35.5. The summed E-state index contributed by atoms with van der Waals surface area (Å²) >= 11 is 16.1. The summed E-state index contributed by atoms with van der Waals surface area (Å²) < 4.78 is 85.5. The van der Waals surface area contributed by atoms with E-state index in [2.05, 4.69) is 0 Å². The number of hydrogen-bond donors (Lipinski definition) is 0. The van der Waals surface area contributed by atoms with E-state index in [0.29, 0.717) is 0 Å². The second-order valence-electron chi connectivity index (χ2n) is 4.69. The van der Waals surface area contributed by atoms with Gasteiger partial charge in [-0.15, -0.1) is 34.8 Å². The summed E-state index contributed by atoms with van der Waals surface area (Å²) in [5, 5.41) is 0. The van der Waals surface area contributed by atoms with Gasteiger partial charge in [-0.05, 0) is 12.1 Å². The molecule has 0 aliphatic carbocycles. The lowest BCUT2D eigenvalue weighted by Crippen LogP contribution is -2.20. The van der Waals surface area contributed by atoms with E-state index in [1.807, 2.05) is 0 Å². The van der Waals surface area contributed by atoms with Crippen molar-refractivity contribution < 1.29 is 37.8 Å². The predicted octanol–water partition coefficient (Wildman–Crippen LogP) is 1.53. The molecule has 9 nitrogen and oxygen atoms in total. The van der Waals surface area contributed by atoms with Gasteiger partial charge < -0.3 is 12.5 Å². The fourth-order valence-electron chi connectivity index (χ4n) is 1.52. The van der Waals surface area contributed by atoms with Crippen LogP contribution in [0, 0.1) is 0 Å². The summed E-state index contributed by atoms with van der Waals surface area (Å²) in [6.45, 7) is 0. The third kappa shape index (κ3) is 8.48. The molecule has 1 aromatic rings. The van der Waals surface area contributed by atoms with Crippen molar-refractivity contribution in [3.63, 3.8) is 0 Å². The molecule has 0 spiro atoms. The van der Waals surface area contributed by atoms with Gasteiger partial charge >= 0.3 is 30.4 Å². The SMILES string of the molecule is O=S(=O)(CCCl)Oc1cccc(OS(=O)(=O)CCCl)c1OS(=O)(=O)CCCl. The maximum Gasteiger partial charge on any atom is 0.310 e. The highest BCUT2D eigenvalue weighted by molar-refractivity contribution is 7.87. The van der Waals surface area contributed by atoms with Crippen LogP contribution in [0.4, 0.5) is 0 Å². The highest BCUT2D eigenvalue weighted by Gasteiger charge is 2.26. The Morgan fingerprint density at radius 3 is 1.30 bits per heavy atom. The zero-order chi connectivity index (χ0) is 20.7. The lowest BCUT2D eigenvalue weighted by Gasteiger charge is -2.15. The second-order valence-corrected chi connectivity index (χ2v) is 10.9. The Hall–Kier alpha value is -0.660. The minimum atomic E-state index is -4.30. The van der Waals surface area contributed by atoms with Crippen molar-refractivity contribution in [3.05, 3.63) is 18.2 Å². The lowest BCUT2D eigenvalue weighted by molar-refractivity contribution is 0.429. The molecule has 0 radical (unpaired) electrons. The molecule has 0 atom stereocenters. The lowest BCUT2D eigenvalue weighted by atomic mass is 10.3. The van der Waals surface area contributed by atoms with Crippen LogP contribution in [0.1, 0.15) is 0 Å². The molecular formula is C12H15Cl3O9S3. The fourth-order valence-corrected chi connectivity index (χ4v) is 5.26. The van der Waals surface area contributed by atoms with Crippen LogP contribution in [0.15, 0.2) is 18.2 Å². The number of hydrogen-bond acceptors (Lipinski definition) is 9. The second kappa shape index (κ2) is 10.2. The van der Waals surface area contributed by atoms with Gasteiger partial charge in [-0.3, -0.25) is 0 Å². The van der Waals surface area contributed by atoms with E-state index in [9.17, 15) is 25.3 Å². The van der Waals surface area contributed by atoms with Crippen LogP contribution in [0.25, 0.3) is 0 Å². The van der Waals surface area contributed by atoms with E-state index in [0.717, 1.165) is 12.1 Å². The Morgan fingerprint density at radius 2 is 0.963 bits per heavy atom. The maximum atomic E-state index is 11.9. The third-order valence-corrected chi connectivity index (χ3v) is 7.21. The summed E-state index contributed by atoms with van der Waals surface area (Å²) in [6.07, 6.45) is 0. The first-order valence-corrected chi connectivity index (χ1v) is 13.4. The van der Waals surface area contributed by atoms with Crippen LogP contribution in [0.3, 0.4) is 0 Å². The Labute approximate surface area is 172 Å². The molecule has 1 aromatic carbocycles. The van der Waals surface area contributed by atoms with Crippen LogP contribution in [-0.2, 0) is 30.4 Å². The fraction of sp³-hybridized carbons (Fsp3) is 0.500. The molecule has 15 heteroatoms. The van der Waals surface area contributed by atoms with Gasteiger partial charge in [0.1, 0.15) is 0 Å². The number of alkyl halides is 3. The Kier molecular flexibility index (Phi) is 9.22. The molecule has 0 bridgehead atoms. The molecule has 0 heterocycles. The van der Waals surface area contributed by atoms with E-state index in [-0.39, 0.29) is 17.6 Å². The molecule has 0 saturated carbocycles. The number of benzene rings is 1. The van der Waals surface area contributed by atoms with E-state index in [1.54, 1.807) is 0 Å². The van der Waals surface area contributed by atoms with Crippen LogP contribution in [0.5, 0.6) is 17.2 Å². The molecule has 0 aliphatic rings. The summed E-state index contributed by atoms with van der Waals surface area (Å²) in [7, 11) is -12.7. The summed E-state index contributed by atoms with van der Waals surface area (Å²) in [5.74, 6) is -4.67. The minimum absolute atomic E-state index is 0.288. The normalized spacial score (nSPS) is 12.6. The smallest absolute Gasteiger partial charge is 0.310 e. The van der Waals surface area contributed by atoms with Gasteiger partial charge in [-0.25, -0.2) is 0 Å². The van der Waals surface area contributed by atoms with Crippen LogP contribution >= 0.6 is 34.8 Å². The molecule has 0 fully saturated rings. The Balaban J connectivity index is 3.44. The van der Waals surface area contributed by atoms with E-state index < -0.39 is 64.9 Å². The van der Waals surface area contributed by atoms with Gasteiger partial charge in [0.25, 0.3) is 0 Å². The zero-order valence-corrected chi connectivity index (χ0v) is 18.2. The van der Waals surface area contributed by atoms with Crippen LogP contribution in [-0.4, -0.2) is 60.2 Å².